The van der Waals surface area contributed by atoms with E-state index in [4.69, 9.17) is 4.74 Å². The Morgan fingerprint density at radius 3 is 2.84 bits per heavy atom. The lowest BCUT2D eigenvalue weighted by Gasteiger charge is -2.22. The van der Waals surface area contributed by atoms with E-state index in [-0.39, 0.29) is 22.8 Å². The van der Waals surface area contributed by atoms with Gasteiger partial charge in [-0.1, -0.05) is 12.1 Å². The second-order valence-electron chi connectivity index (χ2n) is 5.16. The van der Waals surface area contributed by atoms with Gasteiger partial charge in [-0.3, -0.25) is 10.1 Å². The van der Waals surface area contributed by atoms with Gasteiger partial charge in [0.25, 0.3) is 5.69 Å². The van der Waals surface area contributed by atoms with Crippen molar-refractivity contribution < 1.29 is 9.66 Å². The van der Waals surface area contributed by atoms with Gasteiger partial charge in [0.2, 0.25) is 0 Å². The molecule has 0 spiro atoms. The molecule has 3 unspecified atom stereocenters. The first-order chi connectivity index (χ1) is 8.99. The summed E-state index contributed by atoms with van der Waals surface area (Å²) in [6.07, 6.45) is 1.18. The Balaban J connectivity index is 2.12. The Kier molecular flexibility index (Phi) is 4.17. The first-order valence-corrected chi connectivity index (χ1v) is 6.61. The fourth-order valence-corrected chi connectivity index (χ4v) is 2.46. The van der Waals surface area contributed by atoms with Crippen LogP contribution in [0.1, 0.15) is 37.4 Å². The molecule has 104 valence electrons. The van der Waals surface area contributed by atoms with Gasteiger partial charge in [0.05, 0.1) is 11.0 Å². The molecule has 1 aliphatic heterocycles. The summed E-state index contributed by atoms with van der Waals surface area (Å²) in [6, 6.07) is 5.80. The Bertz CT molecular complexity index is 476. The maximum atomic E-state index is 11.0. The molecule has 1 N–H and O–H groups in total. The minimum atomic E-state index is -0.327. The summed E-state index contributed by atoms with van der Waals surface area (Å²) in [5.41, 5.74) is 1.82. The normalized spacial score (nSPS) is 24.4. The van der Waals surface area contributed by atoms with Crippen LogP contribution in [0.3, 0.4) is 0 Å². The number of hydrogen-bond donors (Lipinski definition) is 1. The largest absolute Gasteiger partial charge is 0.377 e. The van der Waals surface area contributed by atoms with Crippen molar-refractivity contribution in [1.29, 1.82) is 0 Å². The average molecular weight is 264 g/mol. The highest BCUT2D eigenvalue weighted by Gasteiger charge is 2.26. The number of nitrogens with one attached hydrogen (secondary N) is 1. The maximum absolute atomic E-state index is 11.0. The number of nitro groups is 1. The molecule has 19 heavy (non-hydrogen) atoms. The second kappa shape index (κ2) is 5.67. The molecule has 0 radical (unpaired) electrons. The number of rotatable bonds is 4. The summed E-state index contributed by atoms with van der Waals surface area (Å²) in [5.74, 6) is 0. The van der Waals surface area contributed by atoms with Crippen molar-refractivity contribution >= 4 is 5.69 Å². The Labute approximate surface area is 113 Å². The topological polar surface area (TPSA) is 64.4 Å². The van der Waals surface area contributed by atoms with Crippen molar-refractivity contribution in [3.8, 4) is 0 Å². The quantitative estimate of drug-likeness (QED) is 0.671. The predicted octanol–water partition coefficient (Wildman–Crippen LogP) is 2.73. The smallest absolute Gasteiger partial charge is 0.272 e. The van der Waals surface area contributed by atoms with E-state index >= 15 is 0 Å². The van der Waals surface area contributed by atoms with Gasteiger partial charge in [0, 0.05) is 30.3 Å². The molecule has 5 nitrogen and oxygen atoms in total. The molecule has 0 bridgehead atoms. The summed E-state index contributed by atoms with van der Waals surface area (Å²) >= 11 is 0. The molecule has 1 fully saturated rings. The molecule has 1 aromatic rings. The number of benzene rings is 1. The SMILES string of the molecule is Cc1ccc(C(C)NC2CCOC2C)cc1[N+](=O)[O-]. The highest BCUT2D eigenvalue weighted by atomic mass is 16.6. The number of aryl methyl sites for hydroxylation is 1. The van der Waals surface area contributed by atoms with Crippen LogP contribution < -0.4 is 5.32 Å². The van der Waals surface area contributed by atoms with Gasteiger partial charge < -0.3 is 10.1 Å². The fourth-order valence-electron chi connectivity index (χ4n) is 2.46. The average Bonchev–Trinajstić information content (AvgIpc) is 2.75. The van der Waals surface area contributed by atoms with Crippen molar-refractivity contribution in [3.05, 3.63) is 39.4 Å². The van der Waals surface area contributed by atoms with Crippen molar-refractivity contribution in [2.24, 2.45) is 0 Å². The zero-order chi connectivity index (χ0) is 14.0. The molecule has 1 heterocycles. The molecule has 1 aliphatic rings. The van der Waals surface area contributed by atoms with E-state index in [0.29, 0.717) is 11.6 Å². The van der Waals surface area contributed by atoms with Gasteiger partial charge in [-0.15, -0.1) is 0 Å². The van der Waals surface area contributed by atoms with Crippen LogP contribution in [0.15, 0.2) is 18.2 Å². The molecular formula is C14H20N2O3. The van der Waals surface area contributed by atoms with Gasteiger partial charge in [0.15, 0.2) is 0 Å². The van der Waals surface area contributed by atoms with Crippen LogP contribution in [0.4, 0.5) is 5.69 Å². The molecule has 3 atom stereocenters. The highest BCUT2D eigenvalue weighted by molar-refractivity contribution is 5.43. The standard InChI is InChI=1S/C14H20N2O3/c1-9-4-5-12(8-14(9)16(17)18)10(2)15-13-6-7-19-11(13)3/h4-5,8,10-11,13,15H,6-7H2,1-3H3. The molecule has 0 aromatic heterocycles. The van der Waals surface area contributed by atoms with Gasteiger partial charge in [-0.05, 0) is 32.8 Å². The fraction of sp³-hybridized carbons (Fsp3) is 0.571. The molecule has 0 aliphatic carbocycles. The van der Waals surface area contributed by atoms with Crippen molar-refractivity contribution in [1.82, 2.24) is 5.32 Å². The van der Waals surface area contributed by atoms with Gasteiger partial charge in [-0.25, -0.2) is 0 Å². The van der Waals surface area contributed by atoms with Gasteiger partial charge in [-0.2, -0.15) is 0 Å². The predicted molar refractivity (Wildman–Crippen MR) is 73.2 cm³/mol. The van der Waals surface area contributed by atoms with Crippen molar-refractivity contribution in [3.63, 3.8) is 0 Å². The van der Waals surface area contributed by atoms with E-state index < -0.39 is 0 Å². The highest BCUT2D eigenvalue weighted by Crippen LogP contribution is 2.24. The number of ether oxygens (including phenoxy) is 1. The second-order valence-corrected chi connectivity index (χ2v) is 5.16. The van der Waals surface area contributed by atoms with Crippen LogP contribution in [-0.2, 0) is 4.74 Å². The molecule has 2 rings (SSSR count). The third kappa shape index (κ3) is 3.11. The Morgan fingerprint density at radius 1 is 1.53 bits per heavy atom. The molecule has 1 saturated heterocycles. The summed E-state index contributed by atoms with van der Waals surface area (Å²) in [7, 11) is 0. The van der Waals surface area contributed by atoms with E-state index in [1.165, 1.54) is 0 Å². The van der Waals surface area contributed by atoms with E-state index in [0.717, 1.165) is 18.6 Å². The van der Waals surface area contributed by atoms with Crippen LogP contribution in [0, 0.1) is 17.0 Å². The summed E-state index contributed by atoms with van der Waals surface area (Å²) in [4.78, 5) is 10.6. The lowest BCUT2D eigenvalue weighted by Crippen LogP contribution is -2.36. The van der Waals surface area contributed by atoms with Crippen LogP contribution in [0.2, 0.25) is 0 Å². The van der Waals surface area contributed by atoms with Crippen molar-refractivity contribution in [2.45, 2.75) is 45.4 Å². The molecule has 5 heteroatoms. The molecule has 1 aromatic carbocycles. The van der Waals surface area contributed by atoms with E-state index in [2.05, 4.69) is 12.2 Å². The monoisotopic (exact) mass is 264 g/mol. The first-order valence-electron chi connectivity index (χ1n) is 6.61. The van der Waals surface area contributed by atoms with E-state index in [1.54, 1.807) is 19.1 Å². The van der Waals surface area contributed by atoms with Crippen LogP contribution in [-0.4, -0.2) is 23.7 Å². The minimum Gasteiger partial charge on any atom is -0.377 e. The van der Waals surface area contributed by atoms with Crippen molar-refractivity contribution in [2.75, 3.05) is 6.61 Å². The van der Waals surface area contributed by atoms with Gasteiger partial charge >= 0.3 is 0 Å². The zero-order valence-corrected chi connectivity index (χ0v) is 11.6. The molecule has 0 saturated carbocycles. The number of nitrogens with zero attached hydrogens (tertiary/aromatic N) is 1. The minimum absolute atomic E-state index is 0.0773. The summed E-state index contributed by atoms with van der Waals surface area (Å²) < 4.78 is 5.51. The van der Waals surface area contributed by atoms with Crippen LogP contribution in [0.5, 0.6) is 0 Å². The number of nitro benzene ring substituents is 1. The first kappa shape index (κ1) is 14.0. The summed E-state index contributed by atoms with van der Waals surface area (Å²) in [6.45, 7) is 6.61. The lowest BCUT2D eigenvalue weighted by molar-refractivity contribution is -0.385. The zero-order valence-electron chi connectivity index (χ0n) is 11.6. The molecule has 0 amide bonds. The van der Waals surface area contributed by atoms with E-state index in [9.17, 15) is 10.1 Å². The third-order valence-corrected chi connectivity index (χ3v) is 3.77. The number of hydrogen-bond acceptors (Lipinski definition) is 4. The van der Waals surface area contributed by atoms with Crippen LogP contribution in [0.25, 0.3) is 0 Å². The summed E-state index contributed by atoms with van der Waals surface area (Å²) in [5, 5.41) is 14.4. The van der Waals surface area contributed by atoms with Gasteiger partial charge in [0.1, 0.15) is 0 Å². The van der Waals surface area contributed by atoms with E-state index in [1.807, 2.05) is 13.0 Å². The maximum Gasteiger partial charge on any atom is 0.272 e. The Hall–Kier alpha value is -1.46. The third-order valence-electron chi connectivity index (χ3n) is 3.77. The Morgan fingerprint density at radius 2 is 2.26 bits per heavy atom. The lowest BCUT2D eigenvalue weighted by atomic mass is 10.0. The molecular weight excluding hydrogens is 244 g/mol. The van der Waals surface area contributed by atoms with Crippen LogP contribution >= 0.6 is 0 Å².